The maximum absolute atomic E-state index is 12.5. The average molecular weight is 467 g/mol. The minimum Gasteiger partial charge on any atom is -0.550 e. The van der Waals surface area contributed by atoms with Gasteiger partial charge in [-0.15, -0.1) is 0 Å². The number of halogens is 1. The average Bonchev–Trinajstić information content (AvgIpc) is 2.99. The van der Waals surface area contributed by atoms with Gasteiger partial charge in [0.15, 0.2) is 5.82 Å². The minimum atomic E-state index is -1.15. The van der Waals surface area contributed by atoms with Gasteiger partial charge in [0.05, 0.1) is 28.0 Å². The quantitative estimate of drug-likeness (QED) is 0.448. The van der Waals surface area contributed by atoms with Gasteiger partial charge in [0.2, 0.25) is 0 Å². The number of piperidine rings is 1. The van der Waals surface area contributed by atoms with Gasteiger partial charge in [0.1, 0.15) is 10.3 Å². The Morgan fingerprint density at radius 1 is 1.39 bits per heavy atom. The van der Waals surface area contributed by atoms with E-state index in [1.165, 1.54) is 0 Å². The van der Waals surface area contributed by atoms with Crippen LogP contribution < -0.4 is 28.5 Å². The number of ether oxygens (including phenoxy) is 1. The van der Waals surface area contributed by atoms with E-state index in [4.69, 9.17) is 4.74 Å². The minimum absolute atomic E-state index is 0. The molecule has 2 atom stereocenters. The summed E-state index contributed by atoms with van der Waals surface area (Å²) in [6.07, 6.45) is 1.79. The fraction of sp³-hybridized carbons (Fsp3) is 0.722. The van der Waals surface area contributed by atoms with E-state index in [0.717, 1.165) is 37.4 Å². The Morgan fingerprint density at radius 2 is 2.04 bits per heavy atom. The number of aryl methyl sites for hydroxylation is 1. The van der Waals surface area contributed by atoms with E-state index in [1.807, 2.05) is 34.3 Å². The van der Waals surface area contributed by atoms with Gasteiger partial charge in [0.25, 0.3) is 0 Å². The van der Waals surface area contributed by atoms with Gasteiger partial charge in [-0.05, 0) is 61.9 Å². The fourth-order valence-corrected chi connectivity index (χ4v) is 4.68. The van der Waals surface area contributed by atoms with Crippen molar-refractivity contribution in [2.75, 3.05) is 24.6 Å². The summed E-state index contributed by atoms with van der Waals surface area (Å²) in [5, 5.41) is 9.67. The van der Waals surface area contributed by atoms with E-state index < -0.39 is 11.0 Å². The summed E-state index contributed by atoms with van der Waals surface area (Å²) in [6, 6.07) is -0.0326. The van der Waals surface area contributed by atoms with Crippen molar-refractivity contribution in [3.63, 3.8) is 0 Å². The van der Waals surface area contributed by atoms with Crippen LogP contribution in [-0.2, 0) is 22.3 Å². The molecule has 3 rings (SSSR count). The third-order valence-corrected chi connectivity index (χ3v) is 7.66. The normalized spacial score (nSPS) is 22.9. The van der Waals surface area contributed by atoms with Crippen molar-refractivity contribution in [3.8, 4) is 0 Å². The smallest absolute Gasteiger partial charge is 0.550 e. The molecule has 1 spiro atoms. The van der Waals surface area contributed by atoms with Crippen LogP contribution in [0, 0.1) is 18.9 Å². The zero-order valence-corrected chi connectivity index (χ0v) is 19.7. The molecule has 0 bridgehead atoms. The molecule has 1 aromatic heterocycles. The molecule has 2 aliphatic rings. The number of nitrogens with one attached hydrogen (secondary N) is 1. The van der Waals surface area contributed by atoms with Crippen LogP contribution in [0.25, 0.3) is 0 Å². The first-order chi connectivity index (χ1) is 12.7. The Labute approximate surface area is 190 Å². The molecule has 7 nitrogen and oxygen atoms in total. The van der Waals surface area contributed by atoms with Crippen LogP contribution in [0.3, 0.4) is 0 Å². The van der Waals surface area contributed by atoms with E-state index in [1.54, 1.807) is 0 Å². The molecule has 0 aliphatic carbocycles. The third kappa shape index (κ3) is 5.00. The molecule has 0 radical (unpaired) electrons. The van der Waals surface area contributed by atoms with Crippen molar-refractivity contribution in [3.05, 3.63) is 22.6 Å². The summed E-state index contributed by atoms with van der Waals surface area (Å²) in [6.45, 7) is 11.7. The van der Waals surface area contributed by atoms with E-state index >= 15 is 0 Å². The van der Waals surface area contributed by atoms with Crippen molar-refractivity contribution in [2.24, 2.45) is 5.41 Å². The van der Waals surface area contributed by atoms with Crippen molar-refractivity contribution >= 4 is 32.7 Å². The van der Waals surface area contributed by atoms with E-state index in [9.17, 15) is 9.32 Å². The number of nitrogens with zero attached hydrogens (tertiary/aromatic N) is 3. The van der Waals surface area contributed by atoms with Crippen molar-refractivity contribution in [2.45, 2.75) is 57.9 Å². The molecule has 2 saturated heterocycles. The second-order valence-electron chi connectivity index (χ2n) is 8.30. The van der Waals surface area contributed by atoms with Gasteiger partial charge in [-0.1, -0.05) is 6.04 Å². The molecule has 0 unspecified atom stereocenters. The van der Waals surface area contributed by atoms with Gasteiger partial charge < -0.3 is 14.7 Å². The van der Waals surface area contributed by atoms with Crippen LogP contribution in [-0.4, -0.2) is 49.8 Å². The molecule has 0 saturated carbocycles. The van der Waals surface area contributed by atoms with E-state index in [0.29, 0.717) is 16.9 Å². The van der Waals surface area contributed by atoms with Crippen LogP contribution in [0.4, 0.5) is 5.82 Å². The Morgan fingerprint density at radius 3 is 2.61 bits per heavy atom. The van der Waals surface area contributed by atoms with Crippen LogP contribution in [0.1, 0.15) is 45.0 Å². The monoisotopic (exact) mass is 466 g/mol. The first-order valence-corrected chi connectivity index (χ1v) is 11.1. The van der Waals surface area contributed by atoms with Gasteiger partial charge in [-0.3, -0.25) is 4.72 Å². The van der Waals surface area contributed by atoms with Crippen LogP contribution in [0.2, 0.25) is 0 Å². The summed E-state index contributed by atoms with van der Waals surface area (Å²) < 4.78 is 21.8. The predicted octanol–water partition coefficient (Wildman–Crippen LogP) is -0.757. The standard InChI is InChI=1S/C18H28BrN4O3S.Li/c1-12-15(19)21-13(9-24)16(20-12)23-7-5-18(6-8-23)11-26-10-14(18)22-27(25)17(2,3)4;/h10,14,22,24H,5-9,11H2,1-4H3;/q-1;+1/t14-,27-;/m1./s1. The number of aliphatic hydroxyl groups is 1. The van der Waals surface area contributed by atoms with Crippen molar-refractivity contribution in [1.82, 2.24) is 14.7 Å². The number of aliphatic hydroxyl groups excluding tert-OH is 1. The largest absolute Gasteiger partial charge is 1.00 e. The molecule has 2 N–H and O–H groups in total. The molecule has 152 valence electrons. The Hall–Kier alpha value is -0.0126. The number of hydrogen-bond donors (Lipinski definition) is 2. The van der Waals surface area contributed by atoms with Crippen LogP contribution in [0.5, 0.6) is 0 Å². The molecule has 0 amide bonds. The summed E-state index contributed by atoms with van der Waals surface area (Å²) in [7, 11) is -1.15. The SMILES string of the molecule is Cc1nc(N2CCC3(CC2)CO[CH-][C@H]3N[S@](=O)C(C)(C)C)c(CO)nc1Br.[Li+]. The summed E-state index contributed by atoms with van der Waals surface area (Å²) in [5.74, 6) is 0.749. The van der Waals surface area contributed by atoms with E-state index in [2.05, 4.69) is 35.5 Å². The summed E-state index contributed by atoms with van der Waals surface area (Å²) in [4.78, 5) is 11.2. The maximum Gasteiger partial charge on any atom is 1.00 e. The zero-order chi connectivity index (χ0) is 19.8. The van der Waals surface area contributed by atoms with Crippen molar-refractivity contribution in [1.29, 1.82) is 0 Å². The molecule has 3 heterocycles. The molecule has 10 heteroatoms. The molecular weight excluding hydrogens is 439 g/mol. The zero-order valence-electron chi connectivity index (χ0n) is 17.3. The van der Waals surface area contributed by atoms with Crippen LogP contribution in [0.15, 0.2) is 4.60 Å². The first-order valence-electron chi connectivity index (χ1n) is 9.18. The fourth-order valence-electron chi connectivity index (χ4n) is 3.49. The van der Waals surface area contributed by atoms with Crippen molar-refractivity contribution < 1.29 is 32.9 Å². The number of hydrogen-bond acceptors (Lipinski definition) is 6. The maximum atomic E-state index is 12.5. The van der Waals surface area contributed by atoms with Gasteiger partial charge >= 0.3 is 18.9 Å². The molecular formula is C18H28BrLiN4O3S. The first kappa shape index (κ1) is 24.3. The molecule has 2 aliphatic heterocycles. The summed E-state index contributed by atoms with van der Waals surface area (Å²) in [5.41, 5.74) is 1.33. The number of rotatable bonds is 4. The van der Waals surface area contributed by atoms with Gasteiger partial charge in [0, 0.05) is 19.7 Å². The van der Waals surface area contributed by atoms with Gasteiger partial charge in [-0.25, -0.2) is 14.2 Å². The topological polar surface area (TPSA) is 87.6 Å². The second-order valence-corrected chi connectivity index (χ2v) is 11.1. The Kier molecular flexibility index (Phi) is 8.16. The predicted molar refractivity (Wildman–Crippen MR) is 109 cm³/mol. The molecule has 0 aromatic carbocycles. The number of anilines is 1. The van der Waals surface area contributed by atoms with Crippen LogP contribution >= 0.6 is 15.9 Å². The van der Waals surface area contributed by atoms with E-state index in [-0.39, 0.29) is 41.7 Å². The Bertz CT molecular complexity index is 724. The number of aromatic nitrogens is 2. The van der Waals surface area contributed by atoms with Gasteiger partial charge in [-0.2, -0.15) is 6.61 Å². The second kappa shape index (κ2) is 9.42. The molecule has 1 aromatic rings. The summed E-state index contributed by atoms with van der Waals surface area (Å²) >= 11 is 3.38. The Balaban J connectivity index is 0.00000280. The molecule has 28 heavy (non-hydrogen) atoms. The molecule has 2 fully saturated rings. The third-order valence-electron chi connectivity index (χ3n) is 5.32.